The third-order valence-electron chi connectivity index (χ3n) is 2.37. The number of aliphatic carboxylic acids is 1. The van der Waals surface area contributed by atoms with Crippen LogP contribution in [0.15, 0.2) is 30.2 Å². The van der Waals surface area contributed by atoms with Crippen LogP contribution in [0.5, 0.6) is 0 Å². The van der Waals surface area contributed by atoms with Gasteiger partial charge in [0.25, 0.3) is 0 Å². The highest BCUT2D eigenvalue weighted by Gasteiger charge is 2.13. The summed E-state index contributed by atoms with van der Waals surface area (Å²) in [5.41, 5.74) is 0. The number of carbonyl (C=O) groups is 1. The molecule has 7 nitrogen and oxygen atoms in total. The second-order valence-electron chi connectivity index (χ2n) is 3.81. The second kappa shape index (κ2) is 5.67. The van der Waals surface area contributed by atoms with Crippen molar-refractivity contribution in [2.24, 2.45) is 0 Å². The zero-order valence-corrected chi connectivity index (χ0v) is 10.6. The molecule has 0 aliphatic heterocycles. The van der Waals surface area contributed by atoms with Crippen molar-refractivity contribution >= 4 is 17.7 Å². The number of nitrogens with zero attached hydrogens (tertiary/aromatic N) is 5. The smallest absolute Gasteiger partial charge is 0.313 e. The van der Waals surface area contributed by atoms with E-state index in [1.165, 1.54) is 11.8 Å². The molecule has 1 unspecified atom stereocenters. The molecule has 0 aliphatic carbocycles. The highest BCUT2D eigenvalue weighted by molar-refractivity contribution is 7.99. The molecule has 1 N–H and O–H groups in total. The maximum Gasteiger partial charge on any atom is 0.313 e. The van der Waals surface area contributed by atoms with E-state index in [1.54, 1.807) is 18.9 Å². The fourth-order valence-electron chi connectivity index (χ4n) is 1.55. The van der Waals surface area contributed by atoms with Gasteiger partial charge in [0.1, 0.15) is 6.33 Å². The van der Waals surface area contributed by atoms with E-state index in [-0.39, 0.29) is 11.8 Å². The molecule has 0 spiro atoms. The Morgan fingerprint density at radius 2 is 2.39 bits per heavy atom. The van der Waals surface area contributed by atoms with Crippen LogP contribution in [-0.2, 0) is 11.3 Å². The van der Waals surface area contributed by atoms with Gasteiger partial charge >= 0.3 is 5.97 Å². The third-order valence-corrected chi connectivity index (χ3v) is 3.32. The normalized spacial score (nSPS) is 12.5. The average molecular weight is 267 g/mol. The van der Waals surface area contributed by atoms with Crippen molar-refractivity contribution in [3.63, 3.8) is 0 Å². The maximum absolute atomic E-state index is 10.5. The molecule has 0 radical (unpaired) electrons. The minimum absolute atomic E-state index is 0.0174. The molecule has 0 amide bonds. The lowest BCUT2D eigenvalue weighted by atomic mass is 10.3. The Kier molecular flexibility index (Phi) is 3.98. The van der Waals surface area contributed by atoms with E-state index >= 15 is 0 Å². The van der Waals surface area contributed by atoms with Crippen molar-refractivity contribution in [3.05, 3.63) is 25.0 Å². The summed E-state index contributed by atoms with van der Waals surface area (Å²) in [5, 5.41) is 17.0. The van der Waals surface area contributed by atoms with Gasteiger partial charge in [-0.3, -0.25) is 4.79 Å². The van der Waals surface area contributed by atoms with Crippen LogP contribution >= 0.6 is 11.8 Å². The summed E-state index contributed by atoms with van der Waals surface area (Å²) in [7, 11) is 0. The van der Waals surface area contributed by atoms with Crippen LogP contribution in [-0.4, -0.2) is 41.1 Å². The van der Waals surface area contributed by atoms with E-state index in [4.69, 9.17) is 5.11 Å². The fraction of sp³-hybridized carbons (Fsp3) is 0.400. The Hall–Kier alpha value is -1.83. The highest BCUT2D eigenvalue weighted by atomic mass is 32.2. The van der Waals surface area contributed by atoms with E-state index < -0.39 is 5.97 Å². The number of hydrogen-bond donors (Lipinski definition) is 1. The van der Waals surface area contributed by atoms with Crippen molar-refractivity contribution in [3.8, 4) is 0 Å². The van der Waals surface area contributed by atoms with Gasteiger partial charge in [-0.2, -0.15) is 0 Å². The first-order valence-corrected chi connectivity index (χ1v) is 6.35. The second-order valence-corrected chi connectivity index (χ2v) is 4.75. The number of imidazole rings is 1. The first-order chi connectivity index (χ1) is 8.66. The standard InChI is InChI=1S/C10H13N5O2S/c1-8(4-14-3-2-11-6-14)15-7-12-13-10(15)18-5-9(16)17/h2-3,6-8H,4-5H2,1H3,(H,16,17). The molecule has 18 heavy (non-hydrogen) atoms. The zero-order valence-electron chi connectivity index (χ0n) is 9.80. The summed E-state index contributed by atoms with van der Waals surface area (Å²) in [5.74, 6) is -0.881. The molecule has 0 bridgehead atoms. The van der Waals surface area contributed by atoms with Crippen molar-refractivity contribution in [2.45, 2.75) is 24.7 Å². The van der Waals surface area contributed by atoms with Crippen LogP contribution in [0.1, 0.15) is 13.0 Å². The van der Waals surface area contributed by atoms with Gasteiger partial charge in [-0.1, -0.05) is 11.8 Å². The molecule has 0 fully saturated rings. The molecule has 8 heteroatoms. The van der Waals surface area contributed by atoms with E-state index in [2.05, 4.69) is 15.2 Å². The SMILES string of the molecule is CC(Cn1ccnc1)n1cnnc1SCC(=O)O. The molecule has 0 aliphatic rings. The summed E-state index contributed by atoms with van der Waals surface area (Å²) in [6.45, 7) is 2.76. The minimum atomic E-state index is -0.864. The number of carboxylic acids is 1. The number of rotatable bonds is 6. The number of aromatic nitrogens is 5. The van der Waals surface area contributed by atoms with Gasteiger partial charge in [0.05, 0.1) is 18.1 Å². The molecule has 2 aromatic heterocycles. The van der Waals surface area contributed by atoms with Gasteiger partial charge in [-0.15, -0.1) is 10.2 Å². The number of thioether (sulfide) groups is 1. The molecule has 2 rings (SSSR count). The van der Waals surface area contributed by atoms with Gasteiger partial charge < -0.3 is 14.2 Å². The van der Waals surface area contributed by atoms with Gasteiger partial charge in [0, 0.05) is 18.9 Å². The van der Waals surface area contributed by atoms with E-state index in [0.29, 0.717) is 5.16 Å². The van der Waals surface area contributed by atoms with Crippen molar-refractivity contribution in [1.29, 1.82) is 0 Å². The Morgan fingerprint density at radius 3 is 3.06 bits per heavy atom. The molecule has 0 saturated heterocycles. The summed E-state index contributed by atoms with van der Waals surface area (Å²) < 4.78 is 3.82. The quantitative estimate of drug-likeness (QED) is 0.783. The average Bonchev–Trinajstić information content (AvgIpc) is 2.96. The van der Waals surface area contributed by atoms with Crippen LogP contribution in [0.25, 0.3) is 0 Å². The summed E-state index contributed by atoms with van der Waals surface area (Å²) >= 11 is 1.17. The summed E-state index contributed by atoms with van der Waals surface area (Å²) in [6.07, 6.45) is 6.96. The maximum atomic E-state index is 10.5. The molecule has 96 valence electrons. The minimum Gasteiger partial charge on any atom is -0.481 e. The van der Waals surface area contributed by atoms with Crippen LogP contribution in [0.2, 0.25) is 0 Å². The fourth-order valence-corrected chi connectivity index (χ4v) is 2.29. The zero-order chi connectivity index (χ0) is 13.0. The lowest BCUT2D eigenvalue weighted by molar-refractivity contribution is -0.133. The van der Waals surface area contributed by atoms with E-state index in [9.17, 15) is 4.79 Å². The Labute approximate surface area is 108 Å². The van der Waals surface area contributed by atoms with Gasteiger partial charge in [-0.05, 0) is 6.92 Å². The molecule has 1 atom stereocenters. The summed E-state index contributed by atoms with van der Waals surface area (Å²) in [4.78, 5) is 14.5. The van der Waals surface area contributed by atoms with Crippen molar-refractivity contribution < 1.29 is 9.90 Å². The van der Waals surface area contributed by atoms with Crippen LogP contribution in [0.3, 0.4) is 0 Å². The molecule has 0 saturated carbocycles. The van der Waals surface area contributed by atoms with Crippen molar-refractivity contribution in [1.82, 2.24) is 24.3 Å². The predicted molar refractivity (Wildman–Crippen MR) is 65.3 cm³/mol. The Balaban J connectivity index is 2.03. The highest BCUT2D eigenvalue weighted by Crippen LogP contribution is 2.19. The number of carboxylic acid groups (broad SMARTS) is 1. The molecular weight excluding hydrogens is 254 g/mol. The Bertz CT molecular complexity index is 510. The van der Waals surface area contributed by atoms with Gasteiger partial charge in [0.15, 0.2) is 5.16 Å². The summed E-state index contributed by atoms with van der Waals surface area (Å²) in [6, 6.07) is 0.130. The monoisotopic (exact) mass is 267 g/mol. The van der Waals surface area contributed by atoms with Crippen LogP contribution in [0.4, 0.5) is 0 Å². The first-order valence-electron chi connectivity index (χ1n) is 5.36. The predicted octanol–water partition coefficient (Wildman–Crippen LogP) is 0.912. The van der Waals surface area contributed by atoms with Crippen LogP contribution < -0.4 is 0 Å². The number of hydrogen-bond acceptors (Lipinski definition) is 5. The largest absolute Gasteiger partial charge is 0.481 e. The molecular formula is C10H13N5O2S. The van der Waals surface area contributed by atoms with Gasteiger partial charge in [-0.25, -0.2) is 4.98 Å². The van der Waals surface area contributed by atoms with Crippen molar-refractivity contribution in [2.75, 3.05) is 5.75 Å². The molecule has 0 aromatic carbocycles. The Morgan fingerprint density at radius 1 is 1.56 bits per heavy atom. The van der Waals surface area contributed by atoms with Gasteiger partial charge in [0.2, 0.25) is 0 Å². The van der Waals surface area contributed by atoms with E-state index in [0.717, 1.165) is 6.54 Å². The molecule has 2 aromatic rings. The third kappa shape index (κ3) is 3.10. The first kappa shape index (κ1) is 12.6. The topological polar surface area (TPSA) is 85.8 Å². The lowest BCUT2D eigenvalue weighted by Crippen LogP contribution is -2.13. The molecule has 2 heterocycles. The lowest BCUT2D eigenvalue weighted by Gasteiger charge is -2.15. The van der Waals surface area contributed by atoms with Crippen LogP contribution in [0, 0.1) is 0 Å². The van der Waals surface area contributed by atoms with E-state index in [1.807, 2.05) is 22.3 Å².